The van der Waals surface area contributed by atoms with Gasteiger partial charge in [0.05, 0.1) is 0 Å². The molecule has 0 radical (unpaired) electrons. The molecule has 5 nitrogen and oxygen atoms in total. The average Bonchev–Trinajstić information content (AvgIpc) is 2.68. The lowest BCUT2D eigenvalue weighted by Crippen LogP contribution is -2.16. The van der Waals surface area contributed by atoms with Crippen LogP contribution >= 0.6 is 0 Å². The van der Waals surface area contributed by atoms with Crippen LogP contribution < -0.4 is 5.32 Å². The van der Waals surface area contributed by atoms with E-state index in [4.69, 9.17) is 0 Å². The monoisotopic (exact) mass is 230 g/mol. The molecule has 0 saturated heterocycles. The molecule has 1 amide bonds. The smallest absolute Gasteiger partial charge is 0.258 e. The van der Waals surface area contributed by atoms with Crippen molar-refractivity contribution in [2.24, 2.45) is 0 Å². The molecule has 0 fully saturated rings. The van der Waals surface area contributed by atoms with Crippen LogP contribution in [-0.2, 0) is 0 Å². The Kier molecular flexibility index (Phi) is 2.91. The summed E-state index contributed by atoms with van der Waals surface area (Å²) in [6.45, 7) is 5.86. The lowest BCUT2D eigenvalue weighted by atomic mass is 9.99. The number of nitrogens with zero attached hydrogens (tertiary/aromatic N) is 2. The summed E-state index contributed by atoms with van der Waals surface area (Å²) in [6.07, 6.45) is 1.35. The van der Waals surface area contributed by atoms with E-state index in [0.29, 0.717) is 11.5 Å². The number of rotatable bonds is 2. The van der Waals surface area contributed by atoms with Crippen molar-refractivity contribution in [3.8, 4) is 0 Å². The van der Waals surface area contributed by atoms with Crippen LogP contribution in [0.2, 0.25) is 0 Å². The van der Waals surface area contributed by atoms with Gasteiger partial charge >= 0.3 is 0 Å². The van der Waals surface area contributed by atoms with Crippen LogP contribution in [0.5, 0.6) is 0 Å². The second-order valence-corrected chi connectivity index (χ2v) is 4.06. The number of hydrogen-bond donors (Lipinski definition) is 2. The van der Waals surface area contributed by atoms with Crippen molar-refractivity contribution in [3.63, 3.8) is 0 Å². The van der Waals surface area contributed by atoms with Gasteiger partial charge in [-0.1, -0.05) is 17.7 Å². The molecule has 17 heavy (non-hydrogen) atoms. The SMILES string of the molecule is Cc1cc(C)c(C(=O)Nc2ncn[nH]2)c(C)c1. The Morgan fingerprint density at radius 1 is 1.24 bits per heavy atom. The molecule has 1 aromatic carbocycles. The van der Waals surface area contributed by atoms with Crippen molar-refractivity contribution in [1.29, 1.82) is 0 Å². The van der Waals surface area contributed by atoms with Crippen molar-refractivity contribution in [1.82, 2.24) is 15.2 Å². The van der Waals surface area contributed by atoms with Gasteiger partial charge in [0, 0.05) is 5.56 Å². The fourth-order valence-corrected chi connectivity index (χ4v) is 1.97. The molecule has 1 heterocycles. The molecule has 0 aliphatic rings. The van der Waals surface area contributed by atoms with E-state index in [2.05, 4.69) is 20.5 Å². The van der Waals surface area contributed by atoms with E-state index >= 15 is 0 Å². The standard InChI is InChI=1S/C12H14N4O/c1-7-4-8(2)10(9(3)5-7)11(17)15-12-13-6-14-16-12/h4-6H,1-3H3,(H2,13,14,15,16,17). The van der Waals surface area contributed by atoms with Crippen LogP contribution in [-0.4, -0.2) is 21.1 Å². The molecule has 88 valence electrons. The molecule has 0 saturated carbocycles. The number of amides is 1. The molecule has 0 atom stereocenters. The Hall–Kier alpha value is -2.17. The second-order valence-electron chi connectivity index (χ2n) is 4.06. The van der Waals surface area contributed by atoms with Gasteiger partial charge in [0.25, 0.3) is 5.91 Å². The second kappa shape index (κ2) is 4.37. The normalized spacial score (nSPS) is 10.3. The highest BCUT2D eigenvalue weighted by Gasteiger charge is 2.13. The van der Waals surface area contributed by atoms with Gasteiger partial charge in [0.2, 0.25) is 5.95 Å². The highest BCUT2D eigenvalue weighted by molar-refractivity contribution is 6.05. The minimum atomic E-state index is -0.170. The summed E-state index contributed by atoms with van der Waals surface area (Å²) in [4.78, 5) is 15.9. The number of H-pyrrole nitrogens is 1. The number of benzene rings is 1. The van der Waals surface area contributed by atoms with Crippen molar-refractivity contribution in [2.45, 2.75) is 20.8 Å². The van der Waals surface area contributed by atoms with Gasteiger partial charge < -0.3 is 0 Å². The van der Waals surface area contributed by atoms with Crippen LogP contribution in [0.25, 0.3) is 0 Å². The fraction of sp³-hybridized carbons (Fsp3) is 0.250. The first-order valence-corrected chi connectivity index (χ1v) is 5.32. The van der Waals surface area contributed by atoms with E-state index in [1.54, 1.807) is 0 Å². The zero-order valence-electron chi connectivity index (χ0n) is 10.0. The predicted molar refractivity (Wildman–Crippen MR) is 65.0 cm³/mol. The van der Waals surface area contributed by atoms with Gasteiger partial charge in [-0.05, 0) is 31.9 Å². The van der Waals surface area contributed by atoms with E-state index in [1.807, 2.05) is 32.9 Å². The van der Waals surface area contributed by atoms with Gasteiger partial charge in [-0.2, -0.15) is 10.1 Å². The Morgan fingerprint density at radius 2 is 1.88 bits per heavy atom. The first kappa shape index (κ1) is 11.3. The quantitative estimate of drug-likeness (QED) is 0.828. The van der Waals surface area contributed by atoms with Crippen LogP contribution in [0.3, 0.4) is 0 Å². The third kappa shape index (κ3) is 2.33. The summed E-state index contributed by atoms with van der Waals surface area (Å²) >= 11 is 0. The first-order chi connectivity index (χ1) is 8.08. The van der Waals surface area contributed by atoms with Gasteiger partial charge in [-0.15, -0.1) is 0 Å². The molecule has 1 aromatic heterocycles. The summed E-state index contributed by atoms with van der Waals surface area (Å²) in [7, 11) is 0. The molecular weight excluding hydrogens is 216 g/mol. The maximum Gasteiger partial charge on any atom is 0.258 e. The van der Waals surface area contributed by atoms with Crippen LogP contribution in [0.4, 0.5) is 5.95 Å². The maximum absolute atomic E-state index is 12.1. The van der Waals surface area contributed by atoms with Crippen molar-refractivity contribution in [3.05, 3.63) is 40.7 Å². The summed E-state index contributed by atoms with van der Waals surface area (Å²) < 4.78 is 0. The topological polar surface area (TPSA) is 70.7 Å². The van der Waals surface area contributed by atoms with E-state index in [1.165, 1.54) is 6.33 Å². The van der Waals surface area contributed by atoms with E-state index in [0.717, 1.165) is 16.7 Å². The van der Waals surface area contributed by atoms with Crippen molar-refractivity contribution < 1.29 is 4.79 Å². The van der Waals surface area contributed by atoms with Gasteiger partial charge in [0.15, 0.2) is 0 Å². The Balaban J connectivity index is 2.31. The number of carbonyl (C=O) groups excluding carboxylic acids is 1. The summed E-state index contributed by atoms with van der Waals surface area (Å²) in [5, 5.41) is 8.94. The molecule has 0 aliphatic carbocycles. The largest absolute Gasteiger partial charge is 0.291 e. The molecular formula is C12H14N4O. The number of anilines is 1. The third-order valence-corrected chi connectivity index (χ3v) is 2.55. The highest BCUT2D eigenvalue weighted by Crippen LogP contribution is 2.17. The first-order valence-electron chi connectivity index (χ1n) is 5.32. The molecule has 0 spiro atoms. The molecule has 0 bridgehead atoms. The van der Waals surface area contributed by atoms with Crippen molar-refractivity contribution in [2.75, 3.05) is 5.32 Å². The predicted octanol–water partition coefficient (Wildman–Crippen LogP) is 1.98. The van der Waals surface area contributed by atoms with Crippen molar-refractivity contribution >= 4 is 11.9 Å². The summed E-state index contributed by atoms with van der Waals surface area (Å²) in [5.41, 5.74) is 3.75. The minimum absolute atomic E-state index is 0.170. The Bertz CT molecular complexity index is 523. The molecule has 0 unspecified atom stereocenters. The molecule has 5 heteroatoms. The Labute approximate surface area is 99.3 Å². The zero-order valence-corrected chi connectivity index (χ0v) is 10.0. The molecule has 0 aliphatic heterocycles. The van der Waals surface area contributed by atoms with Crippen LogP contribution in [0, 0.1) is 20.8 Å². The third-order valence-electron chi connectivity index (χ3n) is 2.55. The van der Waals surface area contributed by atoms with E-state index in [9.17, 15) is 4.79 Å². The number of aromatic amines is 1. The zero-order chi connectivity index (χ0) is 12.4. The summed E-state index contributed by atoms with van der Waals surface area (Å²) in [6, 6.07) is 3.98. The molecule has 2 N–H and O–H groups in total. The summed E-state index contributed by atoms with van der Waals surface area (Å²) in [5.74, 6) is 0.186. The van der Waals surface area contributed by atoms with E-state index < -0.39 is 0 Å². The number of hydrogen-bond acceptors (Lipinski definition) is 3. The number of carbonyl (C=O) groups is 1. The van der Waals surface area contributed by atoms with Gasteiger partial charge in [0.1, 0.15) is 6.33 Å². The number of aromatic nitrogens is 3. The lowest BCUT2D eigenvalue weighted by molar-refractivity contribution is 0.102. The van der Waals surface area contributed by atoms with E-state index in [-0.39, 0.29) is 5.91 Å². The Morgan fingerprint density at radius 3 is 2.41 bits per heavy atom. The van der Waals surface area contributed by atoms with Crippen LogP contribution in [0.1, 0.15) is 27.0 Å². The minimum Gasteiger partial charge on any atom is -0.291 e. The van der Waals surface area contributed by atoms with Gasteiger partial charge in [-0.3, -0.25) is 10.1 Å². The lowest BCUT2D eigenvalue weighted by Gasteiger charge is -2.10. The maximum atomic E-state index is 12.1. The fourth-order valence-electron chi connectivity index (χ4n) is 1.97. The number of nitrogens with one attached hydrogen (secondary N) is 2. The van der Waals surface area contributed by atoms with Gasteiger partial charge in [-0.25, -0.2) is 5.10 Å². The molecule has 2 rings (SSSR count). The highest BCUT2D eigenvalue weighted by atomic mass is 16.1. The average molecular weight is 230 g/mol. The van der Waals surface area contributed by atoms with Crippen LogP contribution in [0.15, 0.2) is 18.5 Å². The number of aryl methyl sites for hydroxylation is 3. The molecule has 2 aromatic rings.